The van der Waals surface area contributed by atoms with Crippen LogP contribution in [0.3, 0.4) is 0 Å². The lowest BCUT2D eigenvalue weighted by Gasteiger charge is -2.31. The molecule has 7 nitrogen and oxygen atoms in total. The first-order valence-electron chi connectivity index (χ1n) is 8.65. The number of ether oxygens (including phenoxy) is 3. The predicted molar refractivity (Wildman–Crippen MR) is 99.1 cm³/mol. The van der Waals surface area contributed by atoms with Gasteiger partial charge in [-0.3, -0.25) is 9.59 Å². The maximum absolute atomic E-state index is 12.4. The van der Waals surface area contributed by atoms with Gasteiger partial charge in [0.25, 0.3) is 0 Å². The van der Waals surface area contributed by atoms with Crippen LogP contribution in [0.25, 0.3) is 0 Å². The standard InChI is InChI=1S/C19H30N2O5/c1-6-26-19(23)11-12-21(18(22)14-24-4)13-17(20(2)3)15-7-9-16(25-5)10-8-15/h7-10,17H,6,11-14H2,1-5H3. The molecule has 1 rings (SSSR count). The first kappa shape index (κ1) is 21.9. The molecule has 1 aromatic carbocycles. The van der Waals surface area contributed by atoms with E-state index in [1.54, 1.807) is 18.9 Å². The Morgan fingerprint density at radius 1 is 1.12 bits per heavy atom. The van der Waals surface area contributed by atoms with Gasteiger partial charge in [-0.15, -0.1) is 0 Å². The third-order valence-corrected chi connectivity index (χ3v) is 4.03. The highest BCUT2D eigenvalue weighted by molar-refractivity contribution is 5.78. The minimum absolute atomic E-state index is 0.0222. The summed E-state index contributed by atoms with van der Waals surface area (Å²) in [5.74, 6) is 0.312. The lowest BCUT2D eigenvalue weighted by atomic mass is 10.0. The van der Waals surface area contributed by atoms with Gasteiger partial charge in [-0.25, -0.2) is 0 Å². The maximum Gasteiger partial charge on any atom is 0.307 e. The number of likely N-dealkylation sites (N-methyl/N-ethyl adjacent to an activating group) is 1. The van der Waals surface area contributed by atoms with Gasteiger partial charge >= 0.3 is 5.97 Å². The second-order valence-corrected chi connectivity index (χ2v) is 6.08. The van der Waals surface area contributed by atoms with Gasteiger partial charge in [-0.2, -0.15) is 0 Å². The number of amides is 1. The number of benzene rings is 1. The molecule has 26 heavy (non-hydrogen) atoms. The molecule has 0 radical (unpaired) electrons. The van der Waals surface area contributed by atoms with Gasteiger partial charge < -0.3 is 24.0 Å². The van der Waals surface area contributed by atoms with E-state index >= 15 is 0 Å². The molecule has 0 heterocycles. The van der Waals surface area contributed by atoms with Crippen LogP contribution >= 0.6 is 0 Å². The Morgan fingerprint density at radius 2 is 1.77 bits per heavy atom. The van der Waals surface area contributed by atoms with Gasteiger partial charge in [0, 0.05) is 20.2 Å². The van der Waals surface area contributed by atoms with E-state index in [9.17, 15) is 9.59 Å². The van der Waals surface area contributed by atoms with E-state index in [1.165, 1.54) is 7.11 Å². The van der Waals surface area contributed by atoms with Crippen LogP contribution in [0, 0.1) is 0 Å². The molecule has 0 N–H and O–H groups in total. The molecule has 0 aliphatic carbocycles. The number of carbonyl (C=O) groups is 2. The number of esters is 1. The van der Waals surface area contributed by atoms with Crippen molar-refractivity contribution in [3.63, 3.8) is 0 Å². The molecule has 7 heteroatoms. The van der Waals surface area contributed by atoms with E-state index < -0.39 is 0 Å². The van der Waals surface area contributed by atoms with Crippen molar-refractivity contribution in [1.29, 1.82) is 0 Å². The van der Waals surface area contributed by atoms with Crippen molar-refractivity contribution in [2.75, 3.05) is 54.6 Å². The zero-order chi connectivity index (χ0) is 19.5. The second-order valence-electron chi connectivity index (χ2n) is 6.08. The van der Waals surface area contributed by atoms with Crippen molar-refractivity contribution in [3.8, 4) is 5.75 Å². The highest BCUT2D eigenvalue weighted by Gasteiger charge is 2.23. The van der Waals surface area contributed by atoms with Gasteiger partial charge in [0.2, 0.25) is 5.91 Å². The molecular weight excluding hydrogens is 336 g/mol. The fourth-order valence-corrected chi connectivity index (χ4v) is 2.59. The third kappa shape index (κ3) is 7.01. The number of nitrogens with zero attached hydrogens (tertiary/aromatic N) is 2. The minimum atomic E-state index is -0.312. The van der Waals surface area contributed by atoms with Crippen LogP contribution in [0.4, 0.5) is 0 Å². The van der Waals surface area contributed by atoms with E-state index in [2.05, 4.69) is 0 Å². The van der Waals surface area contributed by atoms with Crippen molar-refractivity contribution in [2.45, 2.75) is 19.4 Å². The topological polar surface area (TPSA) is 68.3 Å². The van der Waals surface area contributed by atoms with E-state index in [4.69, 9.17) is 14.2 Å². The Hall–Kier alpha value is -2.12. The average Bonchev–Trinajstić information content (AvgIpc) is 2.62. The van der Waals surface area contributed by atoms with Gasteiger partial charge in [0.05, 0.1) is 26.2 Å². The summed E-state index contributed by atoms with van der Waals surface area (Å²) in [6, 6.07) is 7.73. The summed E-state index contributed by atoms with van der Waals surface area (Å²) in [6.45, 7) is 2.81. The quantitative estimate of drug-likeness (QED) is 0.556. The molecule has 146 valence electrons. The number of carbonyl (C=O) groups excluding carboxylic acids is 2. The largest absolute Gasteiger partial charge is 0.497 e. The highest BCUT2D eigenvalue weighted by atomic mass is 16.5. The fourth-order valence-electron chi connectivity index (χ4n) is 2.59. The van der Waals surface area contributed by atoms with Gasteiger partial charge in [0.15, 0.2) is 0 Å². The van der Waals surface area contributed by atoms with Gasteiger partial charge in [-0.1, -0.05) is 12.1 Å². The summed E-state index contributed by atoms with van der Waals surface area (Å²) in [7, 11) is 7.02. The first-order valence-corrected chi connectivity index (χ1v) is 8.65. The molecule has 1 unspecified atom stereocenters. The van der Waals surface area contributed by atoms with Crippen molar-refractivity contribution < 1.29 is 23.8 Å². The molecule has 0 aliphatic rings. The summed E-state index contributed by atoms with van der Waals surface area (Å²) in [6.07, 6.45) is 0.159. The number of rotatable bonds is 11. The second kappa shape index (κ2) is 11.5. The summed E-state index contributed by atoms with van der Waals surface area (Å²) >= 11 is 0. The monoisotopic (exact) mass is 366 g/mol. The lowest BCUT2D eigenvalue weighted by Crippen LogP contribution is -2.41. The first-order chi connectivity index (χ1) is 12.4. The Bertz CT molecular complexity index is 560. The van der Waals surface area contributed by atoms with Crippen LogP contribution in [0.1, 0.15) is 24.9 Å². The van der Waals surface area contributed by atoms with Crippen molar-refractivity contribution in [1.82, 2.24) is 9.80 Å². The van der Waals surface area contributed by atoms with E-state index in [0.717, 1.165) is 11.3 Å². The van der Waals surface area contributed by atoms with E-state index in [-0.39, 0.29) is 30.9 Å². The Kier molecular flexibility index (Phi) is 9.69. The molecule has 1 aromatic rings. The molecular formula is C19H30N2O5. The average molecular weight is 366 g/mol. The number of methoxy groups -OCH3 is 2. The van der Waals surface area contributed by atoms with Crippen LogP contribution in [0.15, 0.2) is 24.3 Å². The van der Waals surface area contributed by atoms with Crippen LogP contribution in [-0.4, -0.2) is 76.3 Å². The Labute approximate surface area is 155 Å². The molecule has 0 aliphatic heterocycles. The summed E-state index contributed by atoms with van der Waals surface area (Å²) in [4.78, 5) is 27.8. The summed E-state index contributed by atoms with van der Waals surface area (Å²) in [5, 5.41) is 0. The Balaban J connectivity index is 2.90. The van der Waals surface area contributed by atoms with E-state index in [1.807, 2.05) is 43.3 Å². The molecule has 0 fully saturated rings. The third-order valence-electron chi connectivity index (χ3n) is 4.03. The molecule has 0 aromatic heterocycles. The molecule has 0 bridgehead atoms. The van der Waals surface area contributed by atoms with E-state index in [0.29, 0.717) is 19.7 Å². The van der Waals surface area contributed by atoms with Crippen molar-refractivity contribution in [3.05, 3.63) is 29.8 Å². The van der Waals surface area contributed by atoms with Gasteiger partial charge in [0.1, 0.15) is 12.4 Å². The lowest BCUT2D eigenvalue weighted by molar-refractivity contribution is -0.144. The highest BCUT2D eigenvalue weighted by Crippen LogP contribution is 2.22. The number of hydrogen-bond acceptors (Lipinski definition) is 6. The molecule has 1 amide bonds. The Morgan fingerprint density at radius 3 is 2.27 bits per heavy atom. The van der Waals surface area contributed by atoms with Crippen LogP contribution < -0.4 is 4.74 Å². The maximum atomic E-state index is 12.4. The van der Waals surface area contributed by atoms with Crippen molar-refractivity contribution >= 4 is 11.9 Å². The van der Waals surface area contributed by atoms with Crippen molar-refractivity contribution in [2.24, 2.45) is 0 Å². The molecule has 1 atom stereocenters. The van der Waals surface area contributed by atoms with Crippen LogP contribution in [-0.2, 0) is 19.1 Å². The predicted octanol–water partition coefficient (Wildman–Crippen LogP) is 1.73. The zero-order valence-corrected chi connectivity index (χ0v) is 16.4. The summed E-state index contributed by atoms with van der Waals surface area (Å²) < 4.78 is 15.1. The van der Waals surface area contributed by atoms with Gasteiger partial charge in [-0.05, 0) is 38.7 Å². The SMILES string of the molecule is CCOC(=O)CCN(CC(c1ccc(OC)cc1)N(C)C)C(=O)COC. The fraction of sp³-hybridized carbons (Fsp3) is 0.579. The summed E-state index contributed by atoms with van der Waals surface area (Å²) in [5.41, 5.74) is 1.06. The molecule has 0 spiro atoms. The molecule has 0 saturated carbocycles. The smallest absolute Gasteiger partial charge is 0.307 e. The molecule has 0 saturated heterocycles. The number of hydrogen-bond donors (Lipinski definition) is 0. The van der Waals surface area contributed by atoms with Crippen LogP contribution in [0.2, 0.25) is 0 Å². The van der Waals surface area contributed by atoms with Crippen LogP contribution in [0.5, 0.6) is 5.75 Å². The normalized spacial score (nSPS) is 11.9. The zero-order valence-electron chi connectivity index (χ0n) is 16.4. The minimum Gasteiger partial charge on any atom is -0.497 e.